The minimum absolute atomic E-state index is 0.0803. The molecule has 5 heteroatoms. The van der Waals surface area contributed by atoms with Crippen molar-refractivity contribution >= 4 is 34.5 Å². The highest BCUT2D eigenvalue weighted by Crippen LogP contribution is 2.13. The molecule has 0 spiro atoms. The summed E-state index contributed by atoms with van der Waals surface area (Å²) >= 11 is 6.60. The van der Waals surface area contributed by atoms with Gasteiger partial charge in [0.15, 0.2) is 0 Å². The zero-order chi connectivity index (χ0) is 13.5. The van der Waals surface area contributed by atoms with Crippen molar-refractivity contribution in [2.24, 2.45) is 5.73 Å². The summed E-state index contributed by atoms with van der Waals surface area (Å²) in [5, 5.41) is 2.06. The third-order valence-corrected chi connectivity index (χ3v) is 4.05. The van der Waals surface area contributed by atoms with Gasteiger partial charge >= 0.3 is 0 Å². The number of amides is 1. The first-order chi connectivity index (χ1) is 8.50. The Bertz CT molecular complexity index is 390. The normalized spacial score (nSPS) is 12.1. The lowest BCUT2D eigenvalue weighted by Crippen LogP contribution is -2.37. The maximum absolute atomic E-state index is 11.9. The first kappa shape index (κ1) is 15.1. The van der Waals surface area contributed by atoms with Crippen molar-refractivity contribution in [2.45, 2.75) is 38.6 Å². The SMILES string of the molecule is CC(CC(N)=S)N(C)C(=O)CCCc1cccs1. The number of nitrogens with two attached hydrogens (primary N) is 1. The van der Waals surface area contributed by atoms with Gasteiger partial charge in [-0.3, -0.25) is 4.79 Å². The van der Waals surface area contributed by atoms with Crippen LogP contribution in [0.5, 0.6) is 0 Å². The number of aryl methyl sites for hydroxylation is 1. The molecule has 0 aliphatic rings. The highest BCUT2D eigenvalue weighted by Gasteiger charge is 2.15. The summed E-state index contributed by atoms with van der Waals surface area (Å²) in [6.45, 7) is 1.97. The van der Waals surface area contributed by atoms with E-state index < -0.39 is 0 Å². The molecule has 0 radical (unpaired) electrons. The zero-order valence-electron chi connectivity index (χ0n) is 10.9. The summed E-state index contributed by atoms with van der Waals surface area (Å²) in [6, 6.07) is 4.23. The third-order valence-electron chi connectivity index (χ3n) is 2.95. The molecule has 1 rings (SSSR count). The number of hydrogen-bond donors (Lipinski definition) is 1. The molecule has 1 aromatic heterocycles. The Morgan fingerprint density at radius 2 is 2.33 bits per heavy atom. The van der Waals surface area contributed by atoms with Gasteiger partial charge in [0, 0.05) is 30.8 Å². The van der Waals surface area contributed by atoms with E-state index in [1.54, 1.807) is 16.2 Å². The van der Waals surface area contributed by atoms with Crippen LogP contribution >= 0.6 is 23.6 Å². The Balaban J connectivity index is 2.29. The number of carbonyl (C=O) groups excluding carboxylic acids is 1. The number of thiophene rings is 1. The van der Waals surface area contributed by atoms with Crippen LogP contribution in [0.3, 0.4) is 0 Å². The molecule has 1 unspecified atom stereocenters. The highest BCUT2D eigenvalue weighted by atomic mass is 32.1. The Hall–Kier alpha value is -0.940. The van der Waals surface area contributed by atoms with Crippen LogP contribution < -0.4 is 5.73 Å². The van der Waals surface area contributed by atoms with E-state index in [0.29, 0.717) is 17.8 Å². The van der Waals surface area contributed by atoms with Gasteiger partial charge in [0.1, 0.15) is 0 Å². The molecule has 1 amide bonds. The predicted octanol–water partition coefficient (Wildman–Crippen LogP) is 2.59. The van der Waals surface area contributed by atoms with Crippen LogP contribution in [0.4, 0.5) is 0 Å². The quantitative estimate of drug-likeness (QED) is 0.783. The fourth-order valence-electron chi connectivity index (χ4n) is 1.72. The topological polar surface area (TPSA) is 46.3 Å². The fourth-order valence-corrected chi connectivity index (χ4v) is 2.71. The van der Waals surface area contributed by atoms with Gasteiger partial charge in [-0.25, -0.2) is 0 Å². The van der Waals surface area contributed by atoms with Gasteiger partial charge in [0.05, 0.1) is 4.99 Å². The maximum Gasteiger partial charge on any atom is 0.222 e. The van der Waals surface area contributed by atoms with E-state index in [2.05, 4.69) is 11.4 Å². The first-order valence-electron chi connectivity index (χ1n) is 6.07. The lowest BCUT2D eigenvalue weighted by Gasteiger charge is -2.24. The van der Waals surface area contributed by atoms with Crippen molar-refractivity contribution in [2.75, 3.05) is 7.05 Å². The Morgan fingerprint density at radius 3 is 2.89 bits per heavy atom. The van der Waals surface area contributed by atoms with E-state index in [1.807, 2.05) is 20.0 Å². The smallest absolute Gasteiger partial charge is 0.222 e. The second-order valence-corrected chi connectivity index (χ2v) is 6.01. The molecule has 100 valence electrons. The molecule has 0 aromatic carbocycles. The second kappa shape index (κ2) is 7.48. The number of nitrogens with zero attached hydrogens (tertiary/aromatic N) is 1. The largest absolute Gasteiger partial charge is 0.393 e. The van der Waals surface area contributed by atoms with Crippen LogP contribution in [-0.2, 0) is 11.2 Å². The molecule has 1 atom stereocenters. The minimum atomic E-state index is 0.0803. The second-order valence-electron chi connectivity index (χ2n) is 4.46. The van der Waals surface area contributed by atoms with Crippen molar-refractivity contribution in [3.8, 4) is 0 Å². The van der Waals surface area contributed by atoms with Crippen molar-refractivity contribution < 1.29 is 4.79 Å². The average molecular weight is 284 g/mol. The summed E-state index contributed by atoms with van der Waals surface area (Å²) in [5.41, 5.74) is 5.49. The molecule has 3 nitrogen and oxygen atoms in total. The van der Waals surface area contributed by atoms with Crippen molar-refractivity contribution in [1.82, 2.24) is 4.90 Å². The van der Waals surface area contributed by atoms with Crippen LogP contribution in [0.25, 0.3) is 0 Å². The van der Waals surface area contributed by atoms with Gasteiger partial charge in [-0.2, -0.15) is 0 Å². The van der Waals surface area contributed by atoms with Crippen LogP contribution in [0, 0.1) is 0 Å². The summed E-state index contributed by atoms with van der Waals surface area (Å²) in [4.78, 5) is 15.5. The first-order valence-corrected chi connectivity index (χ1v) is 7.36. The number of thiocarbonyl (C=S) groups is 1. The van der Waals surface area contributed by atoms with Gasteiger partial charge in [0.25, 0.3) is 0 Å². The highest BCUT2D eigenvalue weighted by molar-refractivity contribution is 7.80. The van der Waals surface area contributed by atoms with Gasteiger partial charge in [-0.05, 0) is 31.2 Å². The number of hydrogen-bond acceptors (Lipinski definition) is 3. The fraction of sp³-hybridized carbons (Fsp3) is 0.538. The van der Waals surface area contributed by atoms with E-state index in [4.69, 9.17) is 18.0 Å². The van der Waals surface area contributed by atoms with Gasteiger partial charge in [0.2, 0.25) is 5.91 Å². The molecule has 0 saturated heterocycles. The lowest BCUT2D eigenvalue weighted by atomic mass is 10.1. The van der Waals surface area contributed by atoms with Gasteiger partial charge < -0.3 is 10.6 Å². The van der Waals surface area contributed by atoms with Gasteiger partial charge in [-0.1, -0.05) is 18.3 Å². The molecular formula is C13H20N2OS2. The summed E-state index contributed by atoms with van der Waals surface area (Å²) in [6.07, 6.45) is 3.03. The third kappa shape index (κ3) is 5.14. The Morgan fingerprint density at radius 1 is 1.61 bits per heavy atom. The summed E-state index contributed by atoms with van der Waals surface area (Å²) < 4.78 is 0. The van der Waals surface area contributed by atoms with E-state index in [-0.39, 0.29) is 11.9 Å². The van der Waals surface area contributed by atoms with Crippen LogP contribution in [0.1, 0.15) is 31.1 Å². The van der Waals surface area contributed by atoms with Crippen LogP contribution in [-0.4, -0.2) is 28.9 Å². The Labute approximate surface area is 118 Å². The standard InChI is InChI=1S/C13H20N2OS2/c1-10(9-12(14)17)15(2)13(16)7-3-5-11-6-4-8-18-11/h4,6,8,10H,3,5,7,9H2,1-2H3,(H2,14,17). The van der Waals surface area contributed by atoms with Gasteiger partial charge in [-0.15, -0.1) is 11.3 Å². The van der Waals surface area contributed by atoms with Crippen molar-refractivity contribution in [1.29, 1.82) is 0 Å². The summed E-state index contributed by atoms with van der Waals surface area (Å²) in [5.74, 6) is 0.162. The maximum atomic E-state index is 11.9. The monoisotopic (exact) mass is 284 g/mol. The van der Waals surface area contributed by atoms with Crippen molar-refractivity contribution in [3.63, 3.8) is 0 Å². The number of carbonyl (C=O) groups is 1. The molecule has 0 fully saturated rings. The average Bonchev–Trinajstić information content (AvgIpc) is 2.79. The molecular weight excluding hydrogens is 264 g/mol. The lowest BCUT2D eigenvalue weighted by molar-refractivity contribution is -0.131. The Kier molecular flexibility index (Phi) is 6.29. The van der Waals surface area contributed by atoms with E-state index in [9.17, 15) is 4.79 Å². The summed E-state index contributed by atoms with van der Waals surface area (Å²) in [7, 11) is 1.82. The minimum Gasteiger partial charge on any atom is -0.393 e. The molecule has 2 N–H and O–H groups in total. The molecule has 0 saturated carbocycles. The van der Waals surface area contributed by atoms with E-state index in [1.165, 1.54) is 4.88 Å². The molecule has 0 bridgehead atoms. The molecule has 1 heterocycles. The predicted molar refractivity (Wildman–Crippen MR) is 80.9 cm³/mol. The molecule has 1 aromatic rings. The zero-order valence-corrected chi connectivity index (χ0v) is 12.5. The molecule has 0 aliphatic carbocycles. The number of rotatable bonds is 7. The van der Waals surface area contributed by atoms with Crippen molar-refractivity contribution in [3.05, 3.63) is 22.4 Å². The molecule has 0 aliphatic heterocycles. The van der Waals surface area contributed by atoms with E-state index >= 15 is 0 Å². The van der Waals surface area contributed by atoms with Crippen LogP contribution in [0.2, 0.25) is 0 Å². The van der Waals surface area contributed by atoms with Crippen LogP contribution in [0.15, 0.2) is 17.5 Å². The molecule has 18 heavy (non-hydrogen) atoms. The van der Waals surface area contributed by atoms with E-state index in [0.717, 1.165) is 12.8 Å².